The second-order valence-electron chi connectivity index (χ2n) is 5.70. The third-order valence-corrected chi connectivity index (χ3v) is 4.57. The van der Waals surface area contributed by atoms with Gasteiger partial charge in [-0.15, -0.1) is 0 Å². The molecule has 3 rings (SSSR count). The summed E-state index contributed by atoms with van der Waals surface area (Å²) in [4.78, 5) is 26.4. The van der Waals surface area contributed by atoms with E-state index >= 15 is 0 Å². The zero-order valence-corrected chi connectivity index (χ0v) is 12.9. The Labute approximate surface area is 132 Å². The molecule has 1 heterocycles. The second kappa shape index (κ2) is 5.61. The van der Waals surface area contributed by atoms with E-state index in [1.165, 1.54) is 0 Å². The van der Waals surface area contributed by atoms with Crippen LogP contribution >= 0.6 is 11.6 Å². The summed E-state index contributed by atoms with van der Waals surface area (Å²) < 4.78 is 0. The summed E-state index contributed by atoms with van der Waals surface area (Å²) in [6.07, 6.45) is 2.64. The SMILES string of the molecule is C[C@H](NC(=O)C1(c2ccc(Cl)cc2)CCC1)c1n[nH]c(=O)[nH]1. The van der Waals surface area contributed by atoms with Crippen molar-refractivity contribution in [3.63, 3.8) is 0 Å². The topological polar surface area (TPSA) is 90.6 Å². The number of amides is 1. The quantitative estimate of drug-likeness (QED) is 0.805. The number of hydrogen-bond donors (Lipinski definition) is 3. The number of aromatic nitrogens is 3. The third-order valence-electron chi connectivity index (χ3n) is 4.32. The zero-order valence-electron chi connectivity index (χ0n) is 12.1. The standard InChI is InChI=1S/C15H17ClN4O2/c1-9(12-18-14(22)20-19-12)17-13(21)15(7-2-8-15)10-3-5-11(16)6-4-10/h3-6,9H,2,7-8H2,1H3,(H,17,21)(H2,18,19,20,22)/t9-/m0/s1. The van der Waals surface area contributed by atoms with Crippen LogP contribution in [0.15, 0.2) is 29.1 Å². The van der Waals surface area contributed by atoms with Gasteiger partial charge in [-0.2, -0.15) is 5.10 Å². The predicted octanol–water partition coefficient (Wildman–Crippen LogP) is 2.05. The van der Waals surface area contributed by atoms with Crippen molar-refractivity contribution in [3.05, 3.63) is 51.2 Å². The normalized spacial score (nSPS) is 17.5. The van der Waals surface area contributed by atoms with Crippen LogP contribution in [0.25, 0.3) is 0 Å². The number of H-pyrrole nitrogens is 2. The average Bonchev–Trinajstić information content (AvgIpc) is 2.86. The maximum absolute atomic E-state index is 12.7. The van der Waals surface area contributed by atoms with Crippen LogP contribution in [0, 0.1) is 0 Å². The predicted molar refractivity (Wildman–Crippen MR) is 82.7 cm³/mol. The van der Waals surface area contributed by atoms with E-state index in [0.29, 0.717) is 10.8 Å². The molecule has 0 aliphatic heterocycles. The summed E-state index contributed by atoms with van der Waals surface area (Å²) in [5.74, 6) is 0.376. The minimum atomic E-state index is -0.505. The van der Waals surface area contributed by atoms with Crippen molar-refractivity contribution < 1.29 is 4.79 Å². The number of carbonyl (C=O) groups is 1. The molecule has 0 spiro atoms. The van der Waals surface area contributed by atoms with E-state index in [0.717, 1.165) is 24.8 Å². The summed E-state index contributed by atoms with van der Waals surface area (Å²) in [6.45, 7) is 1.79. The van der Waals surface area contributed by atoms with E-state index in [2.05, 4.69) is 20.5 Å². The van der Waals surface area contributed by atoms with Crippen LogP contribution in [-0.4, -0.2) is 21.1 Å². The molecule has 1 amide bonds. The first kappa shape index (κ1) is 14.8. The van der Waals surface area contributed by atoms with Crippen molar-refractivity contribution in [1.82, 2.24) is 20.5 Å². The minimum Gasteiger partial charge on any atom is -0.346 e. The lowest BCUT2D eigenvalue weighted by Gasteiger charge is -2.41. The number of halogens is 1. The molecule has 22 heavy (non-hydrogen) atoms. The smallest absolute Gasteiger partial charge is 0.340 e. The number of carbonyl (C=O) groups excluding carboxylic acids is 1. The van der Waals surface area contributed by atoms with Crippen molar-refractivity contribution in [1.29, 1.82) is 0 Å². The molecule has 7 heteroatoms. The highest BCUT2D eigenvalue weighted by Crippen LogP contribution is 2.44. The number of nitrogens with zero attached hydrogens (tertiary/aromatic N) is 1. The van der Waals surface area contributed by atoms with E-state index in [1.807, 2.05) is 12.1 Å². The molecule has 1 aromatic heterocycles. The van der Waals surface area contributed by atoms with Gasteiger partial charge in [0.1, 0.15) is 0 Å². The summed E-state index contributed by atoms with van der Waals surface area (Å²) >= 11 is 5.92. The second-order valence-corrected chi connectivity index (χ2v) is 6.14. The minimum absolute atomic E-state index is 0.0441. The van der Waals surface area contributed by atoms with Gasteiger partial charge >= 0.3 is 5.69 Å². The van der Waals surface area contributed by atoms with Gasteiger partial charge in [0.05, 0.1) is 11.5 Å². The van der Waals surface area contributed by atoms with E-state index in [1.54, 1.807) is 19.1 Å². The number of nitrogens with one attached hydrogen (secondary N) is 3. The fraction of sp³-hybridized carbons (Fsp3) is 0.400. The molecule has 3 N–H and O–H groups in total. The van der Waals surface area contributed by atoms with Gasteiger partial charge in [-0.25, -0.2) is 9.89 Å². The number of aromatic amines is 2. The van der Waals surface area contributed by atoms with Crippen LogP contribution in [0.3, 0.4) is 0 Å². The Balaban J connectivity index is 1.80. The summed E-state index contributed by atoms with van der Waals surface area (Å²) in [7, 11) is 0. The van der Waals surface area contributed by atoms with Gasteiger partial charge in [0.2, 0.25) is 5.91 Å². The highest BCUT2D eigenvalue weighted by atomic mass is 35.5. The van der Waals surface area contributed by atoms with Crippen molar-refractivity contribution >= 4 is 17.5 Å². The highest BCUT2D eigenvalue weighted by Gasteiger charge is 2.46. The molecule has 1 aromatic carbocycles. The van der Waals surface area contributed by atoms with Crippen LogP contribution in [0.4, 0.5) is 0 Å². The van der Waals surface area contributed by atoms with Crippen LogP contribution in [0.5, 0.6) is 0 Å². The summed E-state index contributed by atoms with van der Waals surface area (Å²) in [6, 6.07) is 7.05. The van der Waals surface area contributed by atoms with E-state index in [-0.39, 0.29) is 17.6 Å². The Morgan fingerprint density at radius 3 is 2.55 bits per heavy atom. The number of rotatable bonds is 4. The Kier molecular flexibility index (Phi) is 3.78. The fourth-order valence-corrected chi connectivity index (χ4v) is 2.96. The first-order valence-electron chi connectivity index (χ1n) is 7.23. The van der Waals surface area contributed by atoms with E-state index in [4.69, 9.17) is 11.6 Å². The lowest BCUT2D eigenvalue weighted by molar-refractivity contribution is -0.130. The zero-order chi connectivity index (χ0) is 15.7. The summed E-state index contributed by atoms with van der Waals surface area (Å²) in [5.41, 5.74) is 0.0886. The fourth-order valence-electron chi connectivity index (χ4n) is 2.84. The van der Waals surface area contributed by atoms with Crippen molar-refractivity contribution in [2.45, 2.75) is 37.6 Å². The Bertz CT molecular complexity index is 731. The van der Waals surface area contributed by atoms with Crippen molar-refractivity contribution in [2.75, 3.05) is 0 Å². The first-order chi connectivity index (χ1) is 10.5. The van der Waals surface area contributed by atoms with E-state index < -0.39 is 5.41 Å². The monoisotopic (exact) mass is 320 g/mol. The molecule has 0 unspecified atom stereocenters. The maximum atomic E-state index is 12.7. The van der Waals surface area contributed by atoms with Crippen LogP contribution in [0.2, 0.25) is 5.02 Å². The van der Waals surface area contributed by atoms with Gasteiger partial charge in [0.15, 0.2) is 5.82 Å². The third kappa shape index (κ3) is 2.54. The van der Waals surface area contributed by atoms with Gasteiger partial charge in [0.25, 0.3) is 0 Å². The van der Waals surface area contributed by atoms with Gasteiger partial charge in [-0.05, 0) is 37.5 Å². The van der Waals surface area contributed by atoms with Crippen LogP contribution < -0.4 is 11.0 Å². The molecule has 2 aromatic rings. The van der Waals surface area contributed by atoms with Crippen LogP contribution in [0.1, 0.15) is 43.6 Å². The first-order valence-corrected chi connectivity index (χ1v) is 7.61. The molecule has 116 valence electrons. The highest BCUT2D eigenvalue weighted by molar-refractivity contribution is 6.30. The van der Waals surface area contributed by atoms with Gasteiger partial charge in [-0.1, -0.05) is 30.2 Å². The van der Waals surface area contributed by atoms with Crippen LogP contribution in [-0.2, 0) is 10.2 Å². The van der Waals surface area contributed by atoms with Crippen molar-refractivity contribution in [2.24, 2.45) is 0 Å². The Hall–Kier alpha value is -2.08. The molecule has 0 bridgehead atoms. The molecule has 1 saturated carbocycles. The lowest BCUT2D eigenvalue weighted by atomic mass is 9.63. The maximum Gasteiger partial charge on any atom is 0.340 e. The van der Waals surface area contributed by atoms with Gasteiger partial charge in [-0.3, -0.25) is 9.78 Å². The molecule has 0 radical (unpaired) electrons. The molecule has 0 saturated heterocycles. The molecule has 6 nitrogen and oxygen atoms in total. The molecule has 1 aliphatic carbocycles. The Morgan fingerprint density at radius 2 is 2.05 bits per heavy atom. The largest absolute Gasteiger partial charge is 0.346 e. The van der Waals surface area contributed by atoms with E-state index in [9.17, 15) is 9.59 Å². The molecule has 1 fully saturated rings. The molecular formula is C15H17ClN4O2. The molecule has 1 aliphatic rings. The molecular weight excluding hydrogens is 304 g/mol. The average molecular weight is 321 g/mol. The Morgan fingerprint density at radius 1 is 1.36 bits per heavy atom. The number of benzene rings is 1. The molecule has 1 atom stereocenters. The van der Waals surface area contributed by atoms with Gasteiger partial charge in [0, 0.05) is 5.02 Å². The summed E-state index contributed by atoms with van der Waals surface area (Å²) in [5, 5.41) is 9.75. The number of hydrogen-bond acceptors (Lipinski definition) is 3. The van der Waals surface area contributed by atoms with Gasteiger partial charge < -0.3 is 5.32 Å². The lowest BCUT2D eigenvalue weighted by Crippen LogP contribution is -2.49. The van der Waals surface area contributed by atoms with Crippen molar-refractivity contribution in [3.8, 4) is 0 Å².